The number of anilines is 2. The van der Waals surface area contributed by atoms with Crippen LogP contribution in [0, 0.1) is 0 Å². The Morgan fingerprint density at radius 1 is 0.885 bits per heavy atom. The van der Waals surface area contributed by atoms with E-state index in [0.717, 1.165) is 10.8 Å². The molecular formula is C20H20N2O3S. The van der Waals surface area contributed by atoms with Gasteiger partial charge in [-0.2, -0.15) is 0 Å². The van der Waals surface area contributed by atoms with Gasteiger partial charge in [0.25, 0.3) is 5.91 Å². The van der Waals surface area contributed by atoms with Crippen molar-refractivity contribution < 1.29 is 13.2 Å². The molecule has 0 unspecified atom stereocenters. The van der Waals surface area contributed by atoms with Crippen LogP contribution in [-0.2, 0) is 10.0 Å². The molecular weight excluding hydrogens is 348 g/mol. The SMILES string of the molecule is CCCS(=O)(=O)Nc1ccc(NC(=O)c2ccc3ccccc3c2)cc1. The van der Waals surface area contributed by atoms with Crippen molar-refractivity contribution in [1.82, 2.24) is 0 Å². The van der Waals surface area contributed by atoms with Crippen LogP contribution >= 0.6 is 0 Å². The summed E-state index contributed by atoms with van der Waals surface area (Å²) in [6, 6.07) is 20.0. The number of carbonyl (C=O) groups is 1. The van der Waals surface area contributed by atoms with Crippen molar-refractivity contribution in [1.29, 1.82) is 0 Å². The number of sulfonamides is 1. The maximum atomic E-state index is 12.4. The molecule has 0 fully saturated rings. The quantitative estimate of drug-likeness (QED) is 0.683. The summed E-state index contributed by atoms with van der Waals surface area (Å²) in [6.07, 6.45) is 0.551. The van der Waals surface area contributed by atoms with Crippen LogP contribution in [0.3, 0.4) is 0 Å². The van der Waals surface area contributed by atoms with Gasteiger partial charge in [0, 0.05) is 16.9 Å². The summed E-state index contributed by atoms with van der Waals surface area (Å²) >= 11 is 0. The lowest BCUT2D eigenvalue weighted by atomic mass is 10.1. The zero-order valence-electron chi connectivity index (χ0n) is 14.4. The van der Waals surface area contributed by atoms with E-state index in [-0.39, 0.29) is 11.7 Å². The second kappa shape index (κ2) is 7.58. The van der Waals surface area contributed by atoms with E-state index in [1.165, 1.54) is 0 Å². The molecule has 0 bridgehead atoms. The van der Waals surface area contributed by atoms with Gasteiger partial charge in [-0.1, -0.05) is 37.3 Å². The van der Waals surface area contributed by atoms with Crippen LogP contribution in [0.4, 0.5) is 11.4 Å². The Balaban J connectivity index is 1.70. The van der Waals surface area contributed by atoms with Crippen LogP contribution < -0.4 is 10.0 Å². The first-order valence-electron chi connectivity index (χ1n) is 8.37. The summed E-state index contributed by atoms with van der Waals surface area (Å²) in [5, 5.41) is 4.90. The lowest BCUT2D eigenvalue weighted by molar-refractivity contribution is 0.102. The number of benzene rings is 3. The van der Waals surface area contributed by atoms with E-state index < -0.39 is 10.0 Å². The zero-order chi connectivity index (χ0) is 18.6. The van der Waals surface area contributed by atoms with Gasteiger partial charge in [0.1, 0.15) is 0 Å². The summed E-state index contributed by atoms with van der Waals surface area (Å²) in [5.74, 6) is -0.136. The fourth-order valence-corrected chi connectivity index (χ4v) is 3.79. The second-order valence-electron chi connectivity index (χ2n) is 6.01. The number of rotatable bonds is 6. The lowest BCUT2D eigenvalue weighted by Crippen LogP contribution is -2.16. The number of hydrogen-bond acceptors (Lipinski definition) is 3. The molecule has 3 aromatic carbocycles. The molecule has 0 aromatic heterocycles. The normalized spacial score (nSPS) is 11.3. The molecule has 3 aromatic rings. The summed E-state index contributed by atoms with van der Waals surface area (Å²) in [7, 11) is -3.32. The highest BCUT2D eigenvalue weighted by atomic mass is 32.2. The molecule has 0 radical (unpaired) electrons. The number of fused-ring (bicyclic) bond motifs is 1. The van der Waals surface area contributed by atoms with Gasteiger partial charge in [0.05, 0.1) is 5.75 Å². The van der Waals surface area contributed by atoms with Crippen LogP contribution in [0.15, 0.2) is 66.7 Å². The minimum atomic E-state index is -3.32. The lowest BCUT2D eigenvalue weighted by Gasteiger charge is -2.09. The maximum absolute atomic E-state index is 12.4. The van der Waals surface area contributed by atoms with Crippen LogP contribution in [0.1, 0.15) is 23.7 Å². The maximum Gasteiger partial charge on any atom is 0.255 e. The Bertz CT molecular complexity index is 1030. The molecule has 134 valence electrons. The van der Waals surface area contributed by atoms with E-state index in [2.05, 4.69) is 10.0 Å². The van der Waals surface area contributed by atoms with Gasteiger partial charge in [0.15, 0.2) is 0 Å². The Labute approximate surface area is 153 Å². The third-order valence-corrected chi connectivity index (χ3v) is 5.39. The van der Waals surface area contributed by atoms with Crippen LogP contribution in [0.2, 0.25) is 0 Å². The molecule has 0 saturated carbocycles. The van der Waals surface area contributed by atoms with Gasteiger partial charge in [-0.25, -0.2) is 8.42 Å². The molecule has 5 nitrogen and oxygen atoms in total. The highest BCUT2D eigenvalue weighted by Crippen LogP contribution is 2.19. The van der Waals surface area contributed by atoms with Gasteiger partial charge in [-0.3, -0.25) is 9.52 Å². The molecule has 0 atom stereocenters. The molecule has 0 spiro atoms. The van der Waals surface area contributed by atoms with Gasteiger partial charge in [-0.15, -0.1) is 0 Å². The minimum Gasteiger partial charge on any atom is -0.322 e. The van der Waals surface area contributed by atoms with Crippen molar-refractivity contribution in [2.75, 3.05) is 15.8 Å². The van der Waals surface area contributed by atoms with Crippen molar-refractivity contribution in [3.63, 3.8) is 0 Å². The van der Waals surface area contributed by atoms with Crippen LogP contribution in [-0.4, -0.2) is 20.1 Å². The fraction of sp³-hybridized carbons (Fsp3) is 0.150. The number of amides is 1. The Kier molecular flexibility index (Phi) is 5.23. The van der Waals surface area contributed by atoms with Crippen molar-refractivity contribution in [2.45, 2.75) is 13.3 Å². The van der Waals surface area contributed by atoms with Crippen molar-refractivity contribution in [3.05, 3.63) is 72.3 Å². The van der Waals surface area contributed by atoms with Crippen LogP contribution in [0.25, 0.3) is 10.8 Å². The topological polar surface area (TPSA) is 75.3 Å². The largest absolute Gasteiger partial charge is 0.322 e. The third kappa shape index (κ3) is 4.40. The van der Waals surface area contributed by atoms with Gasteiger partial charge < -0.3 is 5.32 Å². The second-order valence-corrected chi connectivity index (χ2v) is 7.86. The van der Waals surface area contributed by atoms with Gasteiger partial charge >= 0.3 is 0 Å². The Morgan fingerprint density at radius 3 is 2.23 bits per heavy atom. The minimum absolute atomic E-state index is 0.0768. The molecule has 1 amide bonds. The monoisotopic (exact) mass is 368 g/mol. The smallest absolute Gasteiger partial charge is 0.255 e. The van der Waals surface area contributed by atoms with E-state index in [1.54, 1.807) is 30.3 Å². The molecule has 3 rings (SSSR count). The predicted molar refractivity (Wildman–Crippen MR) is 106 cm³/mol. The highest BCUT2D eigenvalue weighted by molar-refractivity contribution is 7.92. The van der Waals surface area contributed by atoms with E-state index in [0.29, 0.717) is 23.4 Å². The van der Waals surface area contributed by atoms with Gasteiger partial charge in [-0.05, 0) is 53.6 Å². The van der Waals surface area contributed by atoms with Crippen LogP contribution in [0.5, 0.6) is 0 Å². The summed E-state index contributed by atoms with van der Waals surface area (Å²) < 4.78 is 26.1. The van der Waals surface area contributed by atoms with E-state index in [9.17, 15) is 13.2 Å². The average Bonchev–Trinajstić information content (AvgIpc) is 2.62. The van der Waals surface area contributed by atoms with Crippen molar-refractivity contribution >= 4 is 38.1 Å². The van der Waals surface area contributed by atoms with E-state index in [1.807, 2.05) is 43.3 Å². The highest BCUT2D eigenvalue weighted by Gasteiger charge is 2.10. The molecule has 26 heavy (non-hydrogen) atoms. The molecule has 0 aliphatic carbocycles. The average molecular weight is 368 g/mol. The molecule has 6 heteroatoms. The van der Waals surface area contributed by atoms with E-state index >= 15 is 0 Å². The van der Waals surface area contributed by atoms with Gasteiger partial charge in [0.2, 0.25) is 10.0 Å². The Morgan fingerprint density at radius 2 is 1.54 bits per heavy atom. The molecule has 0 saturated heterocycles. The summed E-state index contributed by atoms with van der Waals surface area (Å²) in [4.78, 5) is 12.4. The summed E-state index contributed by atoms with van der Waals surface area (Å²) in [5.41, 5.74) is 1.64. The zero-order valence-corrected chi connectivity index (χ0v) is 15.2. The van der Waals surface area contributed by atoms with E-state index in [4.69, 9.17) is 0 Å². The molecule has 0 aliphatic rings. The number of nitrogens with one attached hydrogen (secondary N) is 2. The first kappa shape index (κ1) is 17.9. The fourth-order valence-electron chi connectivity index (χ4n) is 2.65. The first-order valence-corrected chi connectivity index (χ1v) is 10.0. The predicted octanol–water partition coefficient (Wildman–Crippen LogP) is 4.24. The first-order chi connectivity index (χ1) is 12.5. The number of carbonyl (C=O) groups excluding carboxylic acids is 1. The standard InChI is InChI=1S/C20H20N2O3S/c1-2-13-26(24,25)22-19-11-9-18(10-12-19)21-20(23)17-8-7-15-5-3-4-6-16(15)14-17/h3-12,14,22H,2,13H2,1H3,(H,21,23). The molecule has 0 heterocycles. The molecule has 2 N–H and O–H groups in total. The molecule has 0 aliphatic heterocycles. The number of hydrogen-bond donors (Lipinski definition) is 2. The Hall–Kier alpha value is -2.86. The van der Waals surface area contributed by atoms with Crippen molar-refractivity contribution in [2.24, 2.45) is 0 Å². The summed E-state index contributed by atoms with van der Waals surface area (Å²) in [6.45, 7) is 1.81. The third-order valence-electron chi connectivity index (χ3n) is 3.90. The van der Waals surface area contributed by atoms with Crippen molar-refractivity contribution in [3.8, 4) is 0 Å².